The molecule has 1 aromatic carbocycles. The van der Waals surface area contributed by atoms with Gasteiger partial charge in [-0.05, 0) is 36.8 Å². The maximum atomic E-state index is 12.2. The van der Waals surface area contributed by atoms with Crippen molar-refractivity contribution in [1.82, 2.24) is 0 Å². The van der Waals surface area contributed by atoms with Crippen molar-refractivity contribution in [1.29, 1.82) is 0 Å². The summed E-state index contributed by atoms with van der Waals surface area (Å²) in [5.74, 6) is -0.348. The van der Waals surface area contributed by atoms with E-state index in [1.54, 1.807) is 0 Å². The molecule has 108 valence electrons. The molecule has 1 aromatic rings. The van der Waals surface area contributed by atoms with Gasteiger partial charge in [0.15, 0.2) is 5.78 Å². The van der Waals surface area contributed by atoms with Gasteiger partial charge in [0.2, 0.25) is 0 Å². The van der Waals surface area contributed by atoms with Crippen LogP contribution >= 0.6 is 0 Å². The van der Waals surface area contributed by atoms with Gasteiger partial charge in [0, 0.05) is 6.42 Å². The van der Waals surface area contributed by atoms with Gasteiger partial charge >= 0.3 is 5.97 Å². The Hall–Kier alpha value is -1.64. The predicted octanol–water partition coefficient (Wildman–Crippen LogP) is 3.09. The van der Waals surface area contributed by atoms with E-state index in [1.807, 2.05) is 12.1 Å². The Morgan fingerprint density at radius 1 is 1.25 bits per heavy atom. The fourth-order valence-corrected chi connectivity index (χ4v) is 3.06. The van der Waals surface area contributed by atoms with Crippen LogP contribution in [0.2, 0.25) is 0 Å². The Bertz CT molecular complexity index is 489. The summed E-state index contributed by atoms with van der Waals surface area (Å²) in [5.41, 5.74) is 1.38. The average molecular weight is 274 g/mol. The Morgan fingerprint density at radius 3 is 2.40 bits per heavy atom. The van der Waals surface area contributed by atoms with Gasteiger partial charge in [0.1, 0.15) is 5.41 Å². The molecule has 0 aliphatic heterocycles. The van der Waals surface area contributed by atoms with Crippen LogP contribution in [-0.2, 0) is 27.2 Å². The van der Waals surface area contributed by atoms with E-state index in [4.69, 9.17) is 4.74 Å². The summed E-state index contributed by atoms with van der Waals surface area (Å²) in [4.78, 5) is 24.2. The average Bonchev–Trinajstić information content (AvgIpc) is 2.83. The zero-order chi connectivity index (χ0) is 14.6. The van der Waals surface area contributed by atoms with E-state index in [1.165, 1.54) is 12.7 Å². The first-order chi connectivity index (χ1) is 9.62. The molecule has 0 amide bonds. The van der Waals surface area contributed by atoms with Gasteiger partial charge in [-0.1, -0.05) is 37.6 Å². The zero-order valence-electron chi connectivity index (χ0n) is 12.3. The number of ketones is 1. The molecule has 0 aromatic heterocycles. The minimum absolute atomic E-state index is 0.0296. The summed E-state index contributed by atoms with van der Waals surface area (Å²) in [6, 6.07) is 8.23. The molecule has 2 rings (SSSR count). The highest BCUT2D eigenvalue weighted by Gasteiger charge is 2.49. The molecule has 1 aliphatic rings. The van der Waals surface area contributed by atoms with Crippen LogP contribution in [0, 0.1) is 5.41 Å². The monoisotopic (exact) mass is 274 g/mol. The topological polar surface area (TPSA) is 43.4 Å². The summed E-state index contributed by atoms with van der Waals surface area (Å²) in [6.07, 6.45) is 4.51. The number of aryl methyl sites for hydroxylation is 1. The number of Topliss-reactive ketones (excluding diaryl/α,β-unsaturated/α-hetero) is 1. The van der Waals surface area contributed by atoms with Crippen molar-refractivity contribution >= 4 is 11.8 Å². The lowest BCUT2D eigenvalue weighted by Crippen LogP contribution is -2.38. The number of benzene rings is 1. The second-order valence-corrected chi connectivity index (χ2v) is 5.59. The number of hydrogen-bond donors (Lipinski definition) is 0. The number of hydrogen-bond acceptors (Lipinski definition) is 3. The fourth-order valence-electron chi connectivity index (χ4n) is 3.06. The van der Waals surface area contributed by atoms with Gasteiger partial charge in [-0.3, -0.25) is 9.59 Å². The van der Waals surface area contributed by atoms with Crippen molar-refractivity contribution in [2.24, 2.45) is 5.41 Å². The maximum Gasteiger partial charge on any atom is 0.319 e. The van der Waals surface area contributed by atoms with Gasteiger partial charge in [0.25, 0.3) is 0 Å². The molecule has 0 N–H and O–H groups in total. The Morgan fingerprint density at radius 2 is 1.90 bits per heavy atom. The van der Waals surface area contributed by atoms with Gasteiger partial charge in [0.05, 0.1) is 7.11 Å². The summed E-state index contributed by atoms with van der Waals surface area (Å²) in [5, 5.41) is 0. The van der Waals surface area contributed by atoms with E-state index in [0.29, 0.717) is 19.3 Å². The Balaban J connectivity index is 2.20. The minimum atomic E-state index is -0.943. The van der Waals surface area contributed by atoms with Crippen molar-refractivity contribution < 1.29 is 14.3 Å². The summed E-state index contributed by atoms with van der Waals surface area (Å²) >= 11 is 0. The molecule has 0 radical (unpaired) electrons. The second-order valence-electron chi connectivity index (χ2n) is 5.59. The fraction of sp³-hybridized carbons (Fsp3) is 0.529. The number of rotatable bonds is 5. The number of carbonyl (C=O) groups is 2. The van der Waals surface area contributed by atoms with Crippen LogP contribution in [0.1, 0.15) is 43.7 Å². The molecule has 1 fully saturated rings. The van der Waals surface area contributed by atoms with Crippen molar-refractivity contribution in [3.8, 4) is 0 Å². The molecule has 0 spiro atoms. The highest BCUT2D eigenvalue weighted by atomic mass is 16.5. The smallest absolute Gasteiger partial charge is 0.319 e. The number of methoxy groups -OCH3 is 1. The molecular formula is C17H22O3. The first kappa shape index (κ1) is 14.8. The molecule has 20 heavy (non-hydrogen) atoms. The molecule has 1 atom stereocenters. The van der Waals surface area contributed by atoms with E-state index in [9.17, 15) is 9.59 Å². The van der Waals surface area contributed by atoms with Crippen molar-refractivity contribution in [2.75, 3.05) is 7.11 Å². The lowest BCUT2D eigenvalue weighted by Gasteiger charge is -2.24. The molecule has 0 saturated heterocycles. The van der Waals surface area contributed by atoms with Crippen LogP contribution in [0.25, 0.3) is 0 Å². The van der Waals surface area contributed by atoms with E-state index in [2.05, 4.69) is 19.1 Å². The summed E-state index contributed by atoms with van der Waals surface area (Å²) in [6.45, 7) is 2.15. The first-order valence-electron chi connectivity index (χ1n) is 7.32. The Labute approximate surface area is 120 Å². The normalized spacial score (nSPS) is 22.0. The lowest BCUT2D eigenvalue weighted by molar-refractivity contribution is -0.156. The van der Waals surface area contributed by atoms with E-state index in [-0.39, 0.29) is 11.8 Å². The highest BCUT2D eigenvalue weighted by Crippen LogP contribution is 2.39. The minimum Gasteiger partial charge on any atom is -0.468 e. The molecule has 3 heteroatoms. The number of carbonyl (C=O) groups excluding carboxylic acids is 2. The third-order valence-corrected chi connectivity index (χ3v) is 4.18. The van der Waals surface area contributed by atoms with Gasteiger partial charge < -0.3 is 4.74 Å². The summed E-state index contributed by atoms with van der Waals surface area (Å²) in [7, 11) is 1.36. The molecule has 0 heterocycles. The zero-order valence-corrected chi connectivity index (χ0v) is 12.3. The maximum absolute atomic E-state index is 12.2. The van der Waals surface area contributed by atoms with E-state index in [0.717, 1.165) is 24.8 Å². The van der Waals surface area contributed by atoms with Gasteiger partial charge in [-0.2, -0.15) is 0 Å². The highest BCUT2D eigenvalue weighted by molar-refractivity contribution is 6.05. The van der Waals surface area contributed by atoms with Crippen LogP contribution in [0.3, 0.4) is 0 Å². The number of esters is 1. The molecule has 1 saturated carbocycles. The standard InChI is InChI=1S/C17H22O3/c1-3-5-13-7-9-14(10-8-13)12-17(16(19)20-2)11-4-6-15(17)18/h7-10H,3-6,11-12H2,1-2H3. The molecule has 1 unspecified atom stereocenters. The van der Waals surface area contributed by atoms with Crippen molar-refractivity contribution in [3.63, 3.8) is 0 Å². The molecule has 3 nitrogen and oxygen atoms in total. The molecule has 0 bridgehead atoms. The predicted molar refractivity (Wildman–Crippen MR) is 77.4 cm³/mol. The molecular weight excluding hydrogens is 252 g/mol. The van der Waals surface area contributed by atoms with Crippen LogP contribution < -0.4 is 0 Å². The lowest BCUT2D eigenvalue weighted by atomic mass is 9.79. The van der Waals surface area contributed by atoms with Crippen LogP contribution in [0.4, 0.5) is 0 Å². The second kappa shape index (κ2) is 6.21. The van der Waals surface area contributed by atoms with Crippen LogP contribution in [0.15, 0.2) is 24.3 Å². The SMILES string of the molecule is CCCc1ccc(CC2(C(=O)OC)CCCC2=O)cc1. The first-order valence-corrected chi connectivity index (χ1v) is 7.32. The van der Waals surface area contributed by atoms with Gasteiger partial charge in [-0.25, -0.2) is 0 Å². The van der Waals surface area contributed by atoms with Crippen molar-refractivity contribution in [3.05, 3.63) is 35.4 Å². The van der Waals surface area contributed by atoms with E-state index >= 15 is 0 Å². The Kier molecular flexibility index (Phi) is 4.58. The third-order valence-electron chi connectivity index (χ3n) is 4.18. The summed E-state index contributed by atoms with van der Waals surface area (Å²) < 4.78 is 4.88. The third kappa shape index (κ3) is 2.77. The van der Waals surface area contributed by atoms with E-state index < -0.39 is 5.41 Å². The number of ether oxygens (including phenoxy) is 1. The van der Waals surface area contributed by atoms with Crippen molar-refractivity contribution in [2.45, 2.75) is 45.4 Å². The van der Waals surface area contributed by atoms with Crippen LogP contribution in [0.5, 0.6) is 0 Å². The van der Waals surface area contributed by atoms with Gasteiger partial charge in [-0.15, -0.1) is 0 Å². The molecule has 1 aliphatic carbocycles. The quantitative estimate of drug-likeness (QED) is 0.612. The van der Waals surface area contributed by atoms with Crippen LogP contribution in [-0.4, -0.2) is 18.9 Å². The largest absolute Gasteiger partial charge is 0.468 e.